The fraction of sp³-hybridized carbons (Fsp3) is 0.500. The van der Waals surface area contributed by atoms with E-state index in [2.05, 4.69) is 17.2 Å². The quantitative estimate of drug-likeness (QED) is 0.260. The Morgan fingerprint density at radius 2 is 1.48 bits per heavy atom. The summed E-state index contributed by atoms with van der Waals surface area (Å²) in [5, 5.41) is 28.8. The zero-order valence-electron chi connectivity index (χ0n) is 16.2. The number of fused-ring (bicyclic) bond motifs is 1. The maximum absolute atomic E-state index is 11.9. The number of carbonyl (C=O) groups is 1. The van der Waals surface area contributed by atoms with Crippen molar-refractivity contribution in [2.75, 3.05) is 0 Å². The van der Waals surface area contributed by atoms with Crippen LogP contribution in [0.5, 0.6) is 11.5 Å². The van der Waals surface area contributed by atoms with Crippen LogP contribution in [0.3, 0.4) is 0 Å². The number of nitrogens with zero attached hydrogens (tertiary/aromatic N) is 2. The Balaban J connectivity index is 1.75. The van der Waals surface area contributed by atoms with Crippen molar-refractivity contribution in [1.29, 1.82) is 0 Å². The lowest BCUT2D eigenvalue weighted by Crippen LogP contribution is -1.92. The predicted molar refractivity (Wildman–Crippen MR) is 109 cm³/mol. The van der Waals surface area contributed by atoms with Crippen molar-refractivity contribution in [2.24, 2.45) is 10.2 Å². The van der Waals surface area contributed by atoms with Gasteiger partial charge in [0, 0.05) is 23.3 Å². The molecule has 0 saturated carbocycles. The van der Waals surface area contributed by atoms with E-state index in [1.807, 2.05) is 0 Å². The molecule has 27 heavy (non-hydrogen) atoms. The van der Waals surface area contributed by atoms with Gasteiger partial charge in [-0.25, -0.2) is 0 Å². The molecule has 0 aromatic heterocycles. The molecule has 0 radical (unpaired) electrons. The van der Waals surface area contributed by atoms with Crippen LogP contribution in [0.4, 0.5) is 5.69 Å². The lowest BCUT2D eigenvalue weighted by molar-refractivity contribution is -0.118. The van der Waals surface area contributed by atoms with Gasteiger partial charge in [-0.2, -0.15) is 0 Å². The predicted octanol–water partition coefficient (Wildman–Crippen LogP) is 6.78. The molecule has 0 unspecified atom stereocenters. The normalized spacial score (nSPS) is 11.4. The molecule has 0 aliphatic heterocycles. The molecule has 1 amide bonds. The second kappa shape index (κ2) is 11.3. The number of carbonyl (C=O) groups excluding carboxylic acids is 1. The topological polar surface area (TPSA) is 82.2 Å². The Hall–Kier alpha value is -2.43. The maximum Gasteiger partial charge on any atom is 0.264 e. The zero-order chi connectivity index (χ0) is 19.5. The van der Waals surface area contributed by atoms with Crippen molar-refractivity contribution in [1.82, 2.24) is 0 Å². The number of hydrogen-bond donors (Lipinski definition) is 2. The van der Waals surface area contributed by atoms with E-state index in [0.29, 0.717) is 17.2 Å². The largest absolute Gasteiger partial charge is 0.507 e. The van der Waals surface area contributed by atoms with Gasteiger partial charge in [-0.05, 0) is 6.42 Å². The van der Waals surface area contributed by atoms with Crippen LogP contribution in [-0.2, 0) is 4.79 Å². The lowest BCUT2D eigenvalue weighted by atomic mass is 10.1. The Kier molecular flexibility index (Phi) is 8.75. The minimum Gasteiger partial charge on any atom is -0.507 e. The summed E-state index contributed by atoms with van der Waals surface area (Å²) in [6.07, 6.45) is 11.1. The van der Waals surface area contributed by atoms with Crippen molar-refractivity contribution < 1.29 is 15.0 Å². The summed E-state index contributed by atoms with van der Waals surface area (Å²) in [4.78, 5) is 11.9. The number of phenols is 2. The lowest BCUT2D eigenvalue weighted by Gasteiger charge is -2.05. The number of phenolic OH excluding ortho intramolecular Hbond substituents is 2. The van der Waals surface area contributed by atoms with Gasteiger partial charge < -0.3 is 10.2 Å². The first-order chi connectivity index (χ1) is 13.1. The summed E-state index contributed by atoms with van der Waals surface area (Å²) in [5.74, 6) is -0.378. The maximum atomic E-state index is 11.9. The Morgan fingerprint density at radius 1 is 0.889 bits per heavy atom. The van der Waals surface area contributed by atoms with Crippen molar-refractivity contribution in [3.63, 3.8) is 0 Å². The van der Waals surface area contributed by atoms with E-state index in [9.17, 15) is 15.0 Å². The van der Waals surface area contributed by atoms with Gasteiger partial charge in [0.05, 0.1) is 0 Å². The molecule has 0 heterocycles. The molecule has 0 aliphatic rings. The summed E-state index contributed by atoms with van der Waals surface area (Å²) in [6.45, 7) is 2.22. The number of benzene rings is 2. The molecular formula is C22H30N2O3. The number of hydrogen-bond acceptors (Lipinski definition) is 4. The molecule has 146 valence electrons. The van der Waals surface area contributed by atoms with Gasteiger partial charge in [0.15, 0.2) is 5.75 Å². The van der Waals surface area contributed by atoms with Crippen molar-refractivity contribution in [2.45, 2.75) is 71.1 Å². The standard InChI is InChI=1S/C22H30N2O3/c1-2-3-4-5-6-7-8-9-10-15-21(26)24-23-19-16-20(25)17-13-11-12-14-18(17)22(19)27/h11-14,16,25,27H,2-10,15H2,1H3. The summed E-state index contributed by atoms with van der Waals surface area (Å²) in [7, 11) is 0. The van der Waals surface area contributed by atoms with Crippen LogP contribution < -0.4 is 0 Å². The van der Waals surface area contributed by atoms with Crippen LogP contribution in [0.2, 0.25) is 0 Å². The first-order valence-corrected chi connectivity index (χ1v) is 10.0. The van der Waals surface area contributed by atoms with E-state index >= 15 is 0 Å². The van der Waals surface area contributed by atoms with Gasteiger partial charge >= 0.3 is 0 Å². The molecule has 0 bridgehead atoms. The van der Waals surface area contributed by atoms with Crippen molar-refractivity contribution >= 4 is 22.4 Å². The van der Waals surface area contributed by atoms with Gasteiger partial charge in [-0.3, -0.25) is 4.79 Å². The Morgan fingerprint density at radius 3 is 2.15 bits per heavy atom. The summed E-state index contributed by atoms with van der Waals surface area (Å²) in [5.41, 5.74) is 0.103. The molecule has 2 aromatic carbocycles. The summed E-state index contributed by atoms with van der Waals surface area (Å²) >= 11 is 0. The smallest absolute Gasteiger partial charge is 0.264 e. The SMILES string of the molecule is CCCCCCCCCCCC(=O)N=Nc1cc(O)c2ccccc2c1O. The highest BCUT2D eigenvalue weighted by atomic mass is 16.3. The molecule has 0 spiro atoms. The first kappa shape index (κ1) is 20.9. The second-order valence-electron chi connectivity index (χ2n) is 6.98. The van der Waals surface area contributed by atoms with Gasteiger partial charge in [0.25, 0.3) is 5.91 Å². The zero-order valence-corrected chi connectivity index (χ0v) is 16.2. The second-order valence-corrected chi connectivity index (χ2v) is 6.98. The van der Waals surface area contributed by atoms with E-state index in [4.69, 9.17) is 0 Å². The molecule has 0 atom stereocenters. The van der Waals surface area contributed by atoms with Gasteiger partial charge in [-0.15, -0.1) is 10.2 Å². The number of rotatable bonds is 11. The van der Waals surface area contributed by atoms with Gasteiger partial charge in [0.2, 0.25) is 0 Å². The van der Waals surface area contributed by atoms with Gasteiger partial charge in [-0.1, -0.05) is 82.6 Å². The number of amides is 1. The molecule has 0 aliphatic carbocycles. The van der Waals surface area contributed by atoms with E-state index in [-0.39, 0.29) is 23.1 Å². The van der Waals surface area contributed by atoms with Crippen LogP contribution in [-0.4, -0.2) is 16.1 Å². The Bertz CT molecular complexity index is 771. The van der Waals surface area contributed by atoms with Crippen LogP contribution in [0, 0.1) is 0 Å². The van der Waals surface area contributed by atoms with Crippen LogP contribution >= 0.6 is 0 Å². The molecular weight excluding hydrogens is 340 g/mol. The van der Waals surface area contributed by atoms with E-state index < -0.39 is 0 Å². The van der Waals surface area contributed by atoms with Crippen LogP contribution in [0.15, 0.2) is 40.6 Å². The third-order valence-corrected chi connectivity index (χ3v) is 4.74. The highest BCUT2D eigenvalue weighted by Gasteiger charge is 2.10. The average Bonchev–Trinajstić information content (AvgIpc) is 2.68. The summed E-state index contributed by atoms with van der Waals surface area (Å²) in [6, 6.07) is 8.26. The monoisotopic (exact) mass is 370 g/mol. The number of unbranched alkanes of at least 4 members (excludes halogenated alkanes) is 8. The molecule has 0 saturated heterocycles. The third kappa shape index (κ3) is 6.66. The highest BCUT2D eigenvalue weighted by molar-refractivity contribution is 5.96. The molecule has 5 nitrogen and oxygen atoms in total. The van der Waals surface area contributed by atoms with E-state index in [0.717, 1.165) is 19.3 Å². The molecule has 2 rings (SSSR count). The van der Waals surface area contributed by atoms with E-state index in [1.165, 1.54) is 44.6 Å². The Labute approximate surface area is 161 Å². The minimum absolute atomic E-state index is 0.00346. The fourth-order valence-corrected chi connectivity index (χ4v) is 3.15. The molecule has 2 aromatic rings. The van der Waals surface area contributed by atoms with E-state index in [1.54, 1.807) is 24.3 Å². The van der Waals surface area contributed by atoms with Gasteiger partial charge in [0.1, 0.15) is 11.4 Å². The minimum atomic E-state index is -0.301. The summed E-state index contributed by atoms with van der Waals surface area (Å²) < 4.78 is 0. The molecule has 2 N–H and O–H groups in total. The molecule has 5 heteroatoms. The number of azo groups is 1. The van der Waals surface area contributed by atoms with Crippen LogP contribution in [0.25, 0.3) is 10.8 Å². The number of aromatic hydroxyl groups is 2. The van der Waals surface area contributed by atoms with Crippen molar-refractivity contribution in [3.05, 3.63) is 30.3 Å². The fourth-order valence-electron chi connectivity index (χ4n) is 3.15. The van der Waals surface area contributed by atoms with Crippen LogP contribution in [0.1, 0.15) is 71.1 Å². The first-order valence-electron chi connectivity index (χ1n) is 10.0. The third-order valence-electron chi connectivity index (χ3n) is 4.74. The molecule has 0 fully saturated rings. The van der Waals surface area contributed by atoms with Crippen molar-refractivity contribution in [3.8, 4) is 11.5 Å². The highest BCUT2D eigenvalue weighted by Crippen LogP contribution is 2.40. The average molecular weight is 370 g/mol.